The smallest absolute Gasteiger partial charge is 0.321 e. The van der Waals surface area contributed by atoms with Gasteiger partial charge in [-0.15, -0.1) is 0 Å². The van der Waals surface area contributed by atoms with Crippen molar-refractivity contribution in [2.75, 3.05) is 18.4 Å². The second kappa shape index (κ2) is 7.00. The summed E-state index contributed by atoms with van der Waals surface area (Å²) in [6.07, 6.45) is 1.80. The van der Waals surface area contributed by atoms with Crippen LogP contribution < -0.4 is 5.32 Å². The fourth-order valence-corrected chi connectivity index (χ4v) is 3.65. The number of urea groups is 1. The molecule has 0 radical (unpaired) electrons. The van der Waals surface area contributed by atoms with Crippen LogP contribution in [0.1, 0.15) is 30.1 Å². The van der Waals surface area contributed by atoms with Crippen LogP contribution in [0.25, 0.3) is 11.0 Å². The number of carbonyl (C=O) groups is 1. The molecule has 5 nitrogen and oxygen atoms in total. The number of benzene rings is 2. The average Bonchev–Trinajstić information content (AvgIpc) is 3.05. The zero-order valence-electron chi connectivity index (χ0n) is 14.6. The van der Waals surface area contributed by atoms with Crippen molar-refractivity contribution in [2.24, 2.45) is 0 Å². The van der Waals surface area contributed by atoms with Crippen LogP contribution in [0.2, 0.25) is 5.02 Å². The fourth-order valence-electron chi connectivity index (χ4n) is 3.48. The summed E-state index contributed by atoms with van der Waals surface area (Å²) in [7, 11) is 0. The van der Waals surface area contributed by atoms with Crippen molar-refractivity contribution >= 4 is 34.4 Å². The molecule has 26 heavy (non-hydrogen) atoms. The highest BCUT2D eigenvalue weighted by atomic mass is 35.5. The molecule has 1 aromatic heterocycles. The number of amides is 2. The quantitative estimate of drug-likeness (QED) is 0.673. The normalized spacial score (nSPS) is 15.4. The van der Waals surface area contributed by atoms with E-state index in [-0.39, 0.29) is 6.03 Å². The number of hydrogen-bond donors (Lipinski definition) is 2. The number of halogens is 1. The Labute approximate surface area is 157 Å². The number of carbonyl (C=O) groups excluding carboxylic acids is 1. The summed E-state index contributed by atoms with van der Waals surface area (Å²) < 4.78 is 0. The Hall–Kier alpha value is -2.53. The van der Waals surface area contributed by atoms with Gasteiger partial charge >= 0.3 is 6.03 Å². The number of imidazole rings is 1. The summed E-state index contributed by atoms with van der Waals surface area (Å²) in [5, 5.41) is 3.69. The molecule has 4 rings (SSSR count). The first-order valence-corrected chi connectivity index (χ1v) is 9.24. The molecule has 1 fully saturated rings. The molecule has 3 aromatic rings. The molecule has 134 valence electrons. The van der Waals surface area contributed by atoms with Gasteiger partial charge < -0.3 is 15.2 Å². The molecule has 2 amide bonds. The second-order valence-corrected chi connectivity index (χ2v) is 7.28. The standard InChI is InChI=1S/C20H21ClN4O/c1-13-3-2-4-16(11-13)22-20(26)25-9-7-14(8-10-25)19-23-17-6-5-15(21)12-18(17)24-19/h2-6,11-12,14H,7-10H2,1H3,(H,22,26)(H,23,24). The van der Waals surface area contributed by atoms with Crippen molar-refractivity contribution in [1.29, 1.82) is 0 Å². The number of anilines is 1. The number of hydrogen-bond acceptors (Lipinski definition) is 2. The number of H-pyrrole nitrogens is 1. The number of rotatable bonds is 2. The van der Waals surface area contributed by atoms with E-state index in [1.54, 1.807) is 0 Å². The first-order valence-electron chi connectivity index (χ1n) is 8.86. The molecule has 1 aliphatic rings. The Morgan fingerprint density at radius 1 is 1.23 bits per heavy atom. The summed E-state index contributed by atoms with van der Waals surface area (Å²) in [5.41, 5.74) is 3.87. The van der Waals surface area contributed by atoms with Crippen molar-refractivity contribution < 1.29 is 4.79 Å². The highest BCUT2D eigenvalue weighted by molar-refractivity contribution is 6.31. The molecule has 2 heterocycles. The Bertz CT molecular complexity index is 944. The molecule has 6 heteroatoms. The molecule has 0 aliphatic carbocycles. The van der Waals surface area contributed by atoms with Crippen LogP contribution in [0.4, 0.5) is 10.5 Å². The number of aromatic amines is 1. The average molecular weight is 369 g/mol. The third-order valence-electron chi connectivity index (χ3n) is 4.90. The highest BCUT2D eigenvalue weighted by Crippen LogP contribution is 2.28. The molecule has 1 aliphatic heterocycles. The van der Waals surface area contributed by atoms with Crippen molar-refractivity contribution in [3.05, 3.63) is 58.9 Å². The van der Waals surface area contributed by atoms with Gasteiger partial charge in [-0.1, -0.05) is 23.7 Å². The van der Waals surface area contributed by atoms with Gasteiger partial charge in [-0.2, -0.15) is 0 Å². The number of fused-ring (bicyclic) bond motifs is 1. The molecule has 0 atom stereocenters. The van der Waals surface area contributed by atoms with Crippen LogP contribution in [-0.4, -0.2) is 34.0 Å². The Balaban J connectivity index is 1.39. The molecular weight excluding hydrogens is 348 g/mol. The lowest BCUT2D eigenvalue weighted by molar-refractivity contribution is 0.193. The minimum Gasteiger partial charge on any atom is -0.342 e. The second-order valence-electron chi connectivity index (χ2n) is 6.84. The minimum absolute atomic E-state index is 0.0366. The molecule has 1 saturated heterocycles. The largest absolute Gasteiger partial charge is 0.342 e. The zero-order valence-corrected chi connectivity index (χ0v) is 15.4. The van der Waals surface area contributed by atoms with Crippen LogP contribution in [0.15, 0.2) is 42.5 Å². The SMILES string of the molecule is Cc1cccc(NC(=O)N2CCC(c3nc4ccc(Cl)cc4[nH]3)CC2)c1. The number of aryl methyl sites for hydroxylation is 1. The van der Waals surface area contributed by atoms with E-state index in [0.29, 0.717) is 10.9 Å². The lowest BCUT2D eigenvalue weighted by Crippen LogP contribution is -2.40. The molecule has 0 bridgehead atoms. The van der Waals surface area contributed by atoms with Gasteiger partial charge in [-0.3, -0.25) is 0 Å². The third kappa shape index (κ3) is 3.53. The topological polar surface area (TPSA) is 61.0 Å². The van der Waals surface area contributed by atoms with Crippen molar-refractivity contribution in [3.63, 3.8) is 0 Å². The van der Waals surface area contributed by atoms with Gasteiger partial charge in [0.1, 0.15) is 5.82 Å². The molecule has 2 aromatic carbocycles. The van der Waals surface area contributed by atoms with Gasteiger partial charge in [0.15, 0.2) is 0 Å². The van der Waals surface area contributed by atoms with Gasteiger partial charge in [0.25, 0.3) is 0 Å². The third-order valence-corrected chi connectivity index (χ3v) is 5.14. The van der Waals surface area contributed by atoms with Crippen molar-refractivity contribution in [3.8, 4) is 0 Å². The van der Waals surface area contributed by atoms with Crippen LogP contribution in [0.3, 0.4) is 0 Å². The van der Waals surface area contributed by atoms with Crippen LogP contribution in [0, 0.1) is 6.92 Å². The van der Waals surface area contributed by atoms with Gasteiger partial charge in [-0.05, 0) is 55.7 Å². The van der Waals surface area contributed by atoms with E-state index in [2.05, 4.69) is 10.3 Å². The zero-order chi connectivity index (χ0) is 18.1. The maximum absolute atomic E-state index is 12.5. The number of nitrogens with zero attached hydrogens (tertiary/aromatic N) is 2. The lowest BCUT2D eigenvalue weighted by atomic mass is 9.96. The summed E-state index contributed by atoms with van der Waals surface area (Å²) in [4.78, 5) is 22.4. The fraction of sp³-hybridized carbons (Fsp3) is 0.300. The van der Waals surface area contributed by atoms with Crippen LogP contribution in [0.5, 0.6) is 0 Å². The summed E-state index contributed by atoms with van der Waals surface area (Å²) in [6.45, 7) is 3.46. The first kappa shape index (κ1) is 16.9. The maximum Gasteiger partial charge on any atom is 0.321 e. The Morgan fingerprint density at radius 3 is 2.81 bits per heavy atom. The van der Waals surface area contributed by atoms with E-state index in [4.69, 9.17) is 16.6 Å². The van der Waals surface area contributed by atoms with Crippen LogP contribution >= 0.6 is 11.6 Å². The van der Waals surface area contributed by atoms with E-state index < -0.39 is 0 Å². The van der Waals surface area contributed by atoms with Crippen molar-refractivity contribution in [2.45, 2.75) is 25.7 Å². The predicted molar refractivity (Wildman–Crippen MR) is 105 cm³/mol. The summed E-state index contributed by atoms with van der Waals surface area (Å²) >= 11 is 6.05. The highest BCUT2D eigenvalue weighted by Gasteiger charge is 2.25. The van der Waals surface area contributed by atoms with E-state index in [9.17, 15) is 4.79 Å². The lowest BCUT2D eigenvalue weighted by Gasteiger charge is -2.31. The summed E-state index contributed by atoms with van der Waals surface area (Å²) in [5.74, 6) is 1.32. The van der Waals surface area contributed by atoms with E-state index in [0.717, 1.165) is 54.0 Å². The van der Waals surface area contributed by atoms with Gasteiger partial charge in [0, 0.05) is 29.7 Å². The van der Waals surface area contributed by atoms with Crippen molar-refractivity contribution in [1.82, 2.24) is 14.9 Å². The minimum atomic E-state index is -0.0366. The predicted octanol–water partition coefficient (Wildman–Crippen LogP) is 4.94. The van der Waals surface area contributed by atoms with Gasteiger partial charge in [0.05, 0.1) is 11.0 Å². The number of likely N-dealkylation sites (tertiary alicyclic amines) is 1. The van der Waals surface area contributed by atoms with E-state index in [1.165, 1.54) is 0 Å². The first-order chi connectivity index (χ1) is 12.6. The van der Waals surface area contributed by atoms with E-state index >= 15 is 0 Å². The maximum atomic E-state index is 12.5. The molecule has 2 N–H and O–H groups in total. The van der Waals surface area contributed by atoms with Crippen LogP contribution in [-0.2, 0) is 0 Å². The number of nitrogens with one attached hydrogen (secondary N) is 2. The molecule has 0 spiro atoms. The van der Waals surface area contributed by atoms with Gasteiger partial charge in [0.2, 0.25) is 0 Å². The number of aromatic nitrogens is 2. The van der Waals surface area contributed by atoms with E-state index in [1.807, 2.05) is 54.3 Å². The van der Waals surface area contributed by atoms with Gasteiger partial charge in [-0.25, -0.2) is 9.78 Å². The molecule has 0 saturated carbocycles. The molecular formula is C20H21ClN4O. The Kier molecular flexibility index (Phi) is 4.55. The monoisotopic (exact) mass is 368 g/mol. The number of piperidine rings is 1. The molecule has 0 unspecified atom stereocenters. The Morgan fingerprint density at radius 2 is 2.04 bits per heavy atom. The summed E-state index contributed by atoms with van der Waals surface area (Å²) in [6, 6.07) is 13.5.